The predicted molar refractivity (Wildman–Crippen MR) is 131 cm³/mol. The zero-order valence-electron chi connectivity index (χ0n) is 18.7. The van der Waals surface area contributed by atoms with Crippen molar-refractivity contribution in [3.63, 3.8) is 0 Å². The second-order valence-corrected chi connectivity index (χ2v) is 9.15. The molecule has 0 unspecified atom stereocenters. The Morgan fingerprint density at radius 2 is 1.61 bits per heavy atom. The van der Waals surface area contributed by atoms with E-state index in [2.05, 4.69) is 56.1 Å². The highest BCUT2D eigenvalue weighted by Crippen LogP contribution is 2.39. The average molecular weight is 413 g/mol. The van der Waals surface area contributed by atoms with E-state index in [4.69, 9.17) is 10.5 Å². The van der Waals surface area contributed by atoms with Crippen LogP contribution in [0.4, 0.5) is 0 Å². The minimum Gasteiger partial charge on any atom is -0.457 e. The van der Waals surface area contributed by atoms with Gasteiger partial charge in [-0.3, -0.25) is 0 Å². The molecule has 0 saturated carbocycles. The summed E-state index contributed by atoms with van der Waals surface area (Å²) in [6, 6.07) is 25.0. The van der Waals surface area contributed by atoms with Crippen LogP contribution in [-0.2, 0) is 11.8 Å². The predicted octanol–water partition coefficient (Wildman–Crippen LogP) is 7.21. The lowest BCUT2D eigenvalue weighted by Gasteiger charge is -2.19. The molecule has 0 saturated heterocycles. The Hall–Kier alpha value is -3.04. The Kier molecular flexibility index (Phi) is 6.15. The molecule has 0 fully saturated rings. The van der Waals surface area contributed by atoms with Crippen molar-refractivity contribution in [2.75, 3.05) is 6.54 Å². The summed E-state index contributed by atoms with van der Waals surface area (Å²) in [5.74, 6) is 1.70. The maximum atomic E-state index is 6.28. The molecule has 1 heterocycles. The third-order valence-corrected chi connectivity index (χ3v) is 5.78. The largest absolute Gasteiger partial charge is 0.457 e. The fourth-order valence-corrected chi connectivity index (χ4v) is 4.03. The molecule has 0 amide bonds. The van der Waals surface area contributed by atoms with Crippen molar-refractivity contribution in [3.05, 3.63) is 83.9 Å². The smallest absolute Gasteiger partial charge is 0.136 e. The second-order valence-electron chi connectivity index (χ2n) is 9.15. The third kappa shape index (κ3) is 4.67. The van der Waals surface area contributed by atoms with E-state index in [-0.39, 0.29) is 5.41 Å². The molecule has 3 aromatic carbocycles. The van der Waals surface area contributed by atoms with Gasteiger partial charge in [-0.1, -0.05) is 57.2 Å². The molecule has 0 aliphatic carbocycles. The molecule has 0 aliphatic rings. The first-order valence-corrected chi connectivity index (χ1v) is 11.1. The maximum Gasteiger partial charge on any atom is 0.136 e. The van der Waals surface area contributed by atoms with Gasteiger partial charge in [-0.25, -0.2) is 0 Å². The highest BCUT2D eigenvalue weighted by Gasteiger charge is 2.20. The Balaban J connectivity index is 1.84. The van der Waals surface area contributed by atoms with Crippen molar-refractivity contribution in [3.8, 4) is 22.8 Å². The number of nitrogens with one attached hydrogen (secondary N) is 1. The van der Waals surface area contributed by atoms with E-state index in [1.807, 2.05) is 42.5 Å². The van der Waals surface area contributed by atoms with E-state index >= 15 is 0 Å². The summed E-state index contributed by atoms with van der Waals surface area (Å²) in [4.78, 5) is 3.70. The minimum atomic E-state index is 0.106. The normalized spacial score (nSPS) is 11.7. The standard InChI is InChI=1S/C28H32N2O/c1-28(2,3)20-16-17-25-24(19-20)22(13-9-10-18-29)27(30-25)23-14-7-8-15-26(23)31-21-11-5-4-6-12-21/h4-8,11-12,14-17,19,30H,9-10,13,18,29H2,1-3H3. The van der Waals surface area contributed by atoms with Crippen LogP contribution in [0.3, 0.4) is 0 Å². The zero-order valence-corrected chi connectivity index (χ0v) is 18.7. The monoisotopic (exact) mass is 412 g/mol. The first-order chi connectivity index (χ1) is 15.0. The molecule has 0 atom stereocenters. The van der Waals surface area contributed by atoms with Crippen LogP contribution in [0.15, 0.2) is 72.8 Å². The lowest BCUT2D eigenvalue weighted by molar-refractivity contribution is 0.484. The molecule has 160 valence electrons. The second kappa shape index (κ2) is 8.99. The molecule has 3 N–H and O–H groups in total. The van der Waals surface area contributed by atoms with Gasteiger partial charge < -0.3 is 15.5 Å². The van der Waals surface area contributed by atoms with Crippen LogP contribution in [0.1, 0.15) is 44.7 Å². The van der Waals surface area contributed by atoms with Crippen LogP contribution >= 0.6 is 0 Å². The highest BCUT2D eigenvalue weighted by molar-refractivity contribution is 5.92. The number of unbranched alkanes of at least 4 members (excludes halogenated alkanes) is 1. The van der Waals surface area contributed by atoms with E-state index in [0.29, 0.717) is 0 Å². The molecule has 0 spiro atoms. The molecule has 3 heteroatoms. The molecular formula is C28H32N2O. The van der Waals surface area contributed by atoms with E-state index in [1.54, 1.807) is 0 Å². The highest BCUT2D eigenvalue weighted by atomic mass is 16.5. The van der Waals surface area contributed by atoms with Crippen LogP contribution in [-0.4, -0.2) is 11.5 Å². The summed E-state index contributed by atoms with van der Waals surface area (Å²) >= 11 is 0. The topological polar surface area (TPSA) is 51.0 Å². The first kappa shape index (κ1) is 21.2. The van der Waals surface area contributed by atoms with Gasteiger partial charge in [0.2, 0.25) is 0 Å². The Bertz CT molecular complexity index is 1150. The summed E-state index contributed by atoms with van der Waals surface area (Å²) in [5, 5.41) is 1.30. The van der Waals surface area contributed by atoms with Gasteiger partial charge in [-0.05, 0) is 78.7 Å². The zero-order chi connectivity index (χ0) is 21.8. The summed E-state index contributed by atoms with van der Waals surface area (Å²) < 4.78 is 6.28. The number of aromatic amines is 1. The fraction of sp³-hybridized carbons (Fsp3) is 0.286. The van der Waals surface area contributed by atoms with Crippen molar-refractivity contribution in [2.24, 2.45) is 5.73 Å². The molecule has 0 radical (unpaired) electrons. The number of aromatic nitrogens is 1. The van der Waals surface area contributed by atoms with Gasteiger partial charge in [-0.15, -0.1) is 0 Å². The SMILES string of the molecule is CC(C)(C)c1ccc2[nH]c(-c3ccccc3Oc3ccccc3)c(CCCCN)c2c1. The van der Waals surface area contributed by atoms with E-state index in [1.165, 1.54) is 22.0 Å². The van der Waals surface area contributed by atoms with Gasteiger partial charge >= 0.3 is 0 Å². The van der Waals surface area contributed by atoms with Crippen LogP contribution < -0.4 is 10.5 Å². The summed E-state index contributed by atoms with van der Waals surface area (Å²) in [6.45, 7) is 7.51. The van der Waals surface area contributed by atoms with Crippen molar-refractivity contribution in [1.82, 2.24) is 4.98 Å². The van der Waals surface area contributed by atoms with E-state index in [0.717, 1.165) is 48.6 Å². The number of ether oxygens (including phenoxy) is 1. The van der Waals surface area contributed by atoms with Gasteiger partial charge in [0.25, 0.3) is 0 Å². The van der Waals surface area contributed by atoms with Crippen LogP contribution in [0, 0.1) is 0 Å². The van der Waals surface area contributed by atoms with Gasteiger partial charge in [-0.2, -0.15) is 0 Å². The van der Waals surface area contributed by atoms with Crippen LogP contribution in [0.5, 0.6) is 11.5 Å². The maximum absolute atomic E-state index is 6.28. The average Bonchev–Trinajstić information content (AvgIpc) is 3.12. The Morgan fingerprint density at radius 3 is 2.35 bits per heavy atom. The van der Waals surface area contributed by atoms with Crippen molar-refractivity contribution >= 4 is 10.9 Å². The van der Waals surface area contributed by atoms with Gasteiger partial charge in [0, 0.05) is 16.5 Å². The molecule has 4 rings (SSSR count). The Labute approximate surface area is 185 Å². The van der Waals surface area contributed by atoms with Gasteiger partial charge in [0.15, 0.2) is 0 Å². The fourth-order valence-electron chi connectivity index (χ4n) is 4.03. The van der Waals surface area contributed by atoms with Crippen LogP contribution in [0.25, 0.3) is 22.2 Å². The number of rotatable bonds is 7. The lowest BCUT2D eigenvalue weighted by atomic mass is 9.86. The molecular weight excluding hydrogens is 380 g/mol. The molecule has 1 aromatic heterocycles. The van der Waals surface area contributed by atoms with Crippen molar-refractivity contribution < 1.29 is 4.74 Å². The molecule has 4 aromatic rings. The lowest BCUT2D eigenvalue weighted by Crippen LogP contribution is -2.10. The first-order valence-electron chi connectivity index (χ1n) is 11.1. The number of fused-ring (bicyclic) bond motifs is 1. The third-order valence-electron chi connectivity index (χ3n) is 5.78. The van der Waals surface area contributed by atoms with Crippen LogP contribution in [0.2, 0.25) is 0 Å². The summed E-state index contributed by atoms with van der Waals surface area (Å²) in [7, 11) is 0. The number of para-hydroxylation sites is 2. The summed E-state index contributed by atoms with van der Waals surface area (Å²) in [5.41, 5.74) is 12.0. The number of nitrogens with two attached hydrogens (primary N) is 1. The molecule has 0 bridgehead atoms. The summed E-state index contributed by atoms with van der Waals surface area (Å²) in [6.07, 6.45) is 3.07. The van der Waals surface area contributed by atoms with Gasteiger partial charge in [0.05, 0.1) is 5.69 Å². The van der Waals surface area contributed by atoms with Gasteiger partial charge in [0.1, 0.15) is 11.5 Å². The van der Waals surface area contributed by atoms with Crippen molar-refractivity contribution in [2.45, 2.75) is 45.4 Å². The quantitative estimate of drug-likeness (QED) is 0.315. The van der Waals surface area contributed by atoms with Crippen molar-refractivity contribution in [1.29, 1.82) is 0 Å². The molecule has 0 aliphatic heterocycles. The number of hydrogen-bond acceptors (Lipinski definition) is 2. The minimum absolute atomic E-state index is 0.106. The van der Waals surface area contributed by atoms with E-state index < -0.39 is 0 Å². The number of benzene rings is 3. The molecule has 3 nitrogen and oxygen atoms in total. The Morgan fingerprint density at radius 1 is 0.871 bits per heavy atom. The number of H-pyrrole nitrogens is 1. The number of hydrogen-bond donors (Lipinski definition) is 2. The number of aryl methyl sites for hydroxylation is 1. The molecule has 31 heavy (non-hydrogen) atoms. The van der Waals surface area contributed by atoms with E-state index in [9.17, 15) is 0 Å².